The Morgan fingerprint density at radius 2 is 1.11 bits per heavy atom. The van der Waals surface area contributed by atoms with Gasteiger partial charge in [-0.15, -0.1) is 9.35 Å². The zero-order chi connectivity index (χ0) is 20.2. The number of unbranched alkanes of at least 4 members (excludes halogenated alkanes) is 13. The maximum Gasteiger partial charge on any atom is 0.526 e. The van der Waals surface area contributed by atoms with Gasteiger partial charge < -0.3 is 0 Å². The zero-order valence-electron chi connectivity index (χ0n) is 17.8. The SMILES string of the molecule is CCCCCCCCCCCCCCCCOOP(=O)(O)OOCC(C)C. The van der Waals surface area contributed by atoms with Gasteiger partial charge in [0.25, 0.3) is 0 Å². The van der Waals surface area contributed by atoms with Crippen LogP contribution < -0.4 is 0 Å². The van der Waals surface area contributed by atoms with Crippen LogP contribution in [0.15, 0.2) is 0 Å². The lowest BCUT2D eigenvalue weighted by Crippen LogP contribution is -2.04. The first-order valence-corrected chi connectivity index (χ1v) is 12.4. The lowest BCUT2D eigenvalue weighted by atomic mass is 10.0. The van der Waals surface area contributed by atoms with Gasteiger partial charge in [0.1, 0.15) is 0 Å². The van der Waals surface area contributed by atoms with Gasteiger partial charge in [0.05, 0.1) is 13.2 Å². The second kappa shape index (κ2) is 19.4. The molecule has 1 N–H and O–H groups in total. The third kappa shape index (κ3) is 22.2. The Kier molecular flexibility index (Phi) is 19.4. The van der Waals surface area contributed by atoms with Crippen molar-refractivity contribution < 1.29 is 28.6 Å². The maximum absolute atomic E-state index is 11.4. The van der Waals surface area contributed by atoms with Crippen LogP contribution in [0.4, 0.5) is 0 Å². The molecule has 7 heteroatoms. The largest absolute Gasteiger partial charge is 0.526 e. The molecule has 6 nitrogen and oxygen atoms in total. The summed E-state index contributed by atoms with van der Waals surface area (Å²) in [5, 5.41) is 0. The summed E-state index contributed by atoms with van der Waals surface area (Å²) in [5.41, 5.74) is 0. The molecule has 0 heterocycles. The highest BCUT2D eigenvalue weighted by atomic mass is 31.2. The molecule has 0 radical (unpaired) electrons. The summed E-state index contributed by atoms with van der Waals surface area (Å²) in [7, 11) is -4.28. The van der Waals surface area contributed by atoms with E-state index in [0.717, 1.165) is 19.3 Å². The van der Waals surface area contributed by atoms with E-state index in [0.29, 0.717) is 0 Å². The summed E-state index contributed by atoms with van der Waals surface area (Å²) in [4.78, 5) is 18.7. The second-order valence-electron chi connectivity index (χ2n) is 7.71. The Morgan fingerprint density at radius 1 is 0.704 bits per heavy atom. The minimum Gasteiger partial charge on any atom is -0.299 e. The summed E-state index contributed by atoms with van der Waals surface area (Å²) in [6.45, 7) is 6.55. The van der Waals surface area contributed by atoms with E-state index < -0.39 is 7.82 Å². The Labute approximate surface area is 166 Å². The molecule has 0 aromatic rings. The van der Waals surface area contributed by atoms with Gasteiger partial charge in [-0.1, -0.05) is 104 Å². The molecular formula is C20H43O6P. The highest BCUT2D eigenvalue weighted by Gasteiger charge is 2.24. The van der Waals surface area contributed by atoms with Crippen molar-refractivity contribution in [1.29, 1.82) is 0 Å². The van der Waals surface area contributed by atoms with Crippen molar-refractivity contribution in [1.82, 2.24) is 0 Å². The van der Waals surface area contributed by atoms with E-state index in [4.69, 9.17) is 4.89 Å². The van der Waals surface area contributed by atoms with Gasteiger partial charge in [-0.05, 0) is 12.3 Å². The number of hydrogen-bond acceptors (Lipinski definition) is 5. The molecule has 0 saturated heterocycles. The quantitative estimate of drug-likeness (QED) is 0.0939. The standard InChI is InChI=1S/C20H43O6P/c1-4-5-6-7-8-9-10-11-12-13-14-15-16-17-18-23-25-27(21,22)26-24-19-20(2)3/h20H,4-19H2,1-3H3,(H,21,22). The monoisotopic (exact) mass is 410 g/mol. The maximum atomic E-state index is 11.4. The molecule has 0 bridgehead atoms. The molecule has 0 aliphatic heterocycles. The Balaban J connectivity index is 3.23. The van der Waals surface area contributed by atoms with Gasteiger partial charge in [-0.3, -0.25) is 4.89 Å². The van der Waals surface area contributed by atoms with Gasteiger partial charge in [0.2, 0.25) is 0 Å². The van der Waals surface area contributed by atoms with Crippen LogP contribution in [0, 0.1) is 5.92 Å². The van der Waals surface area contributed by atoms with Crippen molar-refractivity contribution in [3.05, 3.63) is 0 Å². The minimum atomic E-state index is -4.28. The van der Waals surface area contributed by atoms with Crippen molar-refractivity contribution in [2.75, 3.05) is 13.2 Å². The van der Waals surface area contributed by atoms with Gasteiger partial charge in [0, 0.05) is 0 Å². The highest BCUT2D eigenvalue weighted by molar-refractivity contribution is 7.47. The fourth-order valence-electron chi connectivity index (χ4n) is 2.70. The predicted molar refractivity (Wildman–Crippen MR) is 109 cm³/mol. The number of phosphoric acid groups is 1. The Hall–Kier alpha value is 0.0300. The normalized spacial score (nSPS) is 14.0. The lowest BCUT2D eigenvalue weighted by Gasteiger charge is -2.11. The molecule has 0 aromatic carbocycles. The highest BCUT2D eigenvalue weighted by Crippen LogP contribution is 2.43. The van der Waals surface area contributed by atoms with E-state index in [1.165, 1.54) is 70.6 Å². The van der Waals surface area contributed by atoms with Crippen LogP contribution >= 0.6 is 7.82 Å². The third-order valence-electron chi connectivity index (χ3n) is 4.28. The predicted octanol–water partition coefficient (Wildman–Crippen LogP) is 7.12. The molecule has 0 amide bonds. The van der Waals surface area contributed by atoms with Crippen LogP contribution in [0.1, 0.15) is 111 Å². The number of hydrogen-bond donors (Lipinski definition) is 1. The van der Waals surface area contributed by atoms with Gasteiger partial charge >= 0.3 is 7.82 Å². The molecule has 0 aliphatic rings. The van der Waals surface area contributed by atoms with Crippen molar-refractivity contribution in [3.63, 3.8) is 0 Å². The van der Waals surface area contributed by atoms with Gasteiger partial charge in [0.15, 0.2) is 0 Å². The zero-order valence-corrected chi connectivity index (χ0v) is 18.7. The minimum absolute atomic E-state index is 0.196. The average Bonchev–Trinajstić information content (AvgIpc) is 2.60. The average molecular weight is 411 g/mol. The van der Waals surface area contributed by atoms with Crippen LogP contribution in [0.25, 0.3) is 0 Å². The van der Waals surface area contributed by atoms with E-state index in [9.17, 15) is 9.46 Å². The fourth-order valence-corrected chi connectivity index (χ4v) is 3.13. The van der Waals surface area contributed by atoms with Gasteiger partial charge in [-0.2, -0.15) is 0 Å². The summed E-state index contributed by atoms with van der Waals surface area (Å²) in [5.74, 6) is 0.196. The molecule has 0 aromatic heterocycles. The topological polar surface area (TPSA) is 74.2 Å². The fraction of sp³-hybridized carbons (Fsp3) is 1.00. The van der Waals surface area contributed by atoms with Gasteiger partial charge in [-0.25, -0.2) is 14.3 Å². The Bertz CT molecular complexity index is 351. The van der Waals surface area contributed by atoms with Crippen molar-refractivity contribution >= 4 is 7.82 Å². The molecule has 164 valence electrons. The van der Waals surface area contributed by atoms with Crippen LogP contribution in [-0.4, -0.2) is 18.1 Å². The summed E-state index contributed by atoms with van der Waals surface area (Å²) >= 11 is 0. The molecule has 0 spiro atoms. The molecule has 0 aliphatic carbocycles. The molecule has 0 saturated carbocycles. The van der Waals surface area contributed by atoms with Crippen LogP contribution in [0.3, 0.4) is 0 Å². The Morgan fingerprint density at radius 3 is 1.56 bits per heavy atom. The van der Waals surface area contributed by atoms with Crippen LogP contribution in [0.2, 0.25) is 0 Å². The molecule has 0 fully saturated rings. The first-order valence-electron chi connectivity index (χ1n) is 10.9. The molecule has 27 heavy (non-hydrogen) atoms. The van der Waals surface area contributed by atoms with E-state index in [-0.39, 0.29) is 19.1 Å². The van der Waals surface area contributed by atoms with E-state index in [1.807, 2.05) is 13.8 Å². The molecular weight excluding hydrogens is 367 g/mol. The smallest absolute Gasteiger partial charge is 0.299 e. The lowest BCUT2D eigenvalue weighted by molar-refractivity contribution is -0.282. The van der Waals surface area contributed by atoms with E-state index in [2.05, 4.69) is 21.2 Å². The van der Waals surface area contributed by atoms with Crippen molar-refractivity contribution in [3.8, 4) is 0 Å². The first-order chi connectivity index (χ1) is 13.0. The van der Waals surface area contributed by atoms with Crippen molar-refractivity contribution in [2.24, 2.45) is 5.92 Å². The summed E-state index contributed by atoms with van der Waals surface area (Å²) in [6.07, 6.45) is 17.9. The van der Waals surface area contributed by atoms with E-state index in [1.54, 1.807) is 0 Å². The third-order valence-corrected chi connectivity index (χ3v) is 4.86. The van der Waals surface area contributed by atoms with E-state index >= 15 is 0 Å². The summed E-state index contributed by atoms with van der Waals surface area (Å²) in [6, 6.07) is 0. The number of rotatable bonds is 21. The summed E-state index contributed by atoms with van der Waals surface area (Å²) < 4.78 is 20.1. The second-order valence-corrected chi connectivity index (χ2v) is 8.95. The van der Waals surface area contributed by atoms with Crippen molar-refractivity contribution in [2.45, 2.75) is 111 Å². The first kappa shape index (κ1) is 27.0. The molecule has 1 unspecified atom stereocenters. The molecule has 0 rings (SSSR count). The van der Waals surface area contributed by atoms with Crippen LogP contribution in [0.5, 0.6) is 0 Å². The van der Waals surface area contributed by atoms with Crippen LogP contribution in [-0.2, 0) is 23.7 Å². The molecule has 1 atom stereocenters.